The van der Waals surface area contributed by atoms with Crippen LogP contribution >= 0.6 is 0 Å². The zero-order valence-electron chi connectivity index (χ0n) is 8.89. The van der Waals surface area contributed by atoms with Gasteiger partial charge in [0.25, 0.3) is 0 Å². The van der Waals surface area contributed by atoms with Gasteiger partial charge < -0.3 is 9.84 Å². The molecule has 0 bridgehead atoms. The number of benzene rings is 1. The van der Waals surface area contributed by atoms with Crippen molar-refractivity contribution in [3.63, 3.8) is 0 Å². The lowest BCUT2D eigenvalue weighted by Crippen LogP contribution is -2.29. The number of hydrogen-bond acceptors (Lipinski definition) is 3. The van der Waals surface area contributed by atoms with E-state index in [9.17, 15) is 9.18 Å². The summed E-state index contributed by atoms with van der Waals surface area (Å²) < 4.78 is 18.5. The highest BCUT2D eigenvalue weighted by atomic mass is 19.1. The van der Waals surface area contributed by atoms with Gasteiger partial charge in [0.1, 0.15) is 23.2 Å². The van der Waals surface area contributed by atoms with Crippen molar-refractivity contribution in [2.75, 3.05) is 0 Å². The van der Waals surface area contributed by atoms with E-state index in [1.807, 2.05) is 0 Å². The summed E-state index contributed by atoms with van der Waals surface area (Å²) >= 11 is 0. The molecule has 0 aliphatic heterocycles. The summed E-state index contributed by atoms with van der Waals surface area (Å²) in [7, 11) is 0. The second kappa shape index (κ2) is 4.42. The summed E-state index contributed by atoms with van der Waals surface area (Å²) in [5.74, 6) is -1.83. The minimum Gasteiger partial charge on any atom is -0.478 e. The maximum Gasteiger partial charge on any atom is 0.345 e. The number of carboxylic acid groups (broad SMARTS) is 1. The van der Waals surface area contributed by atoms with Crippen LogP contribution in [-0.4, -0.2) is 17.2 Å². The van der Waals surface area contributed by atoms with Gasteiger partial charge in [0.15, 0.2) is 6.10 Å². The predicted octanol–water partition coefficient (Wildman–Crippen LogP) is 1.94. The highest BCUT2D eigenvalue weighted by Crippen LogP contribution is 2.36. The Labute approximate surface area is 97.2 Å². The molecule has 0 heterocycles. The second-order valence-corrected chi connectivity index (χ2v) is 3.94. The van der Waals surface area contributed by atoms with E-state index in [-0.39, 0.29) is 17.2 Å². The molecule has 1 aromatic rings. The Kier molecular flexibility index (Phi) is 2.96. The predicted molar refractivity (Wildman–Crippen MR) is 55.9 cm³/mol. The van der Waals surface area contributed by atoms with Crippen molar-refractivity contribution < 1.29 is 19.0 Å². The van der Waals surface area contributed by atoms with Crippen LogP contribution in [0.2, 0.25) is 0 Å². The number of aliphatic carboxylic acids is 1. The fourth-order valence-corrected chi connectivity index (χ4v) is 1.60. The standard InChI is InChI=1S/C12H10FNO3/c13-9-2-1-3-10(8(9)6-14)17-11(12(15)16)7-4-5-7/h1-3,7,11H,4-5H2,(H,15,16). The Hall–Kier alpha value is -2.09. The minimum absolute atomic E-state index is 0.00759. The fourth-order valence-electron chi connectivity index (χ4n) is 1.60. The molecular formula is C12H10FNO3. The van der Waals surface area contributed by atoms with Crippen LogP contribution in [-0.2, 0) is 4.79 Å². The van der Waals surface area contributed by atoms with E-state index in [1.54, 1.807) is 6.07 Å². The molecule has 0 radical (unpaired) electrons. The molecule has 1 aliphatic carbocycles. The van der Waals surface area contributed by atoms with E-state index in [4.69, 9.17) is 15.1 Å². The van der Waals surface area contributed by atoms with Crippen LogP contribution in [0.4, 0.5) is 4.39 Å². The smallest absolute Gasteiger partial charge is 0.345 e. The highest BCUT2D eigenvalue weighted by Gasteiger charge is 2.38. The zero-order chi connectivity index (χ0) is 12.4. The molecule has 1 aromatic carbocycles. The first-order chi connectivity index (χ1) is 8.13. The summed E-state index contributed by atoms with van der Waals surface area (Å²) in [6.07, 6.45) is 0.575. The van der Waals surface area contributed by atoms with Gasteiger partial charge in [0.05, 0.1) is 0 Å². The van der Waals surface area contributed by atoms with Gasteiger partial charge in [-0.3, -0.25) is 0 Å². The van der Waals surface area contributed by atoms with Gasteiger partial charge in [-0.25, -0.2) is 9.18 Å². The number of hydrogen-bond donors (Lipinski definition) is 1. The first-order valence-corrected chi connectivity index (χ1v) is 5.21. The van der Waals surface area contributed by atoms with Crippen LogP contribution in [0.3, 0.4) is 0 Å². The summed E-state index contributed by atoms with van der Waals surface area (Å²) in [6, 6.07) is 5.60. The topological polar surface area (TPSA) is 70.3 Å². The summed E-state index contributed by atoms with van der Waals surface area (Å²) in [6.45, 7) is 0. The van der Waals surface area contributed by atoms with Crippen molar-refractivity contribution in [3.8, 4) is 11.8 Å². The van der Waals surface area contributed by atoms with Gasteiger partial charge in [-0.05, 0) is 25.0 Å². The number of ether oxygens (including phenoxy) is 1. The van der Waals surface area contributed by atoms with E-state index >= 15 is 0 Å². The number of carboxylic acids is 1. The summed E-state index contributed by atoms with van der Waals surface area (Å²) in [5, 5.41) is 17.8. The third-order valence-electron chi connectivity index (χ3n) is 2.63. The van der Waals surface area contributed by atoms with E-state index in [2.05, 4.69) is 0 Å². The number of nitrogens with zero attached hydrogens (tertiary/aromatic N) is 1. The van der Waals surface area contributed by atoms with Crippen LogP contribution in [0.5, 0.6) is 5.75 Å². The normalized spacial score (nSPS) is 16.0. The molecule has 4 nitrogen and oxygen atoms in total. The van der Waals surface area contributed by atoms with Crippen molar-refractivity contribution in [2.24, 2.45) is 5.92 Å². The molecule has 1 aliphatic rings. The average molecular weight is 235 g/mol. The highest BCUT2D eigenvalue weighted by molar-refractivity contribution is 5.73. The Morgan fingerprint density at radius 2 is 2.29 bits per heavy atom. The molecule has 88 valence electrons. The number of rotatable bonds is 4. The molecule has 0 aromatic heterocycles. The zero-order valence-corrected chi connectivity index (χ0v) is 8.89. The lowest BCUT2D eigenvalue weighted by atomic mass is 10.2. The molecule has 1 saturated carbocycles. The van der Waals surface area contributed by atoms with Crippen LogP contribution < -0.4 is 4.74 Å². The van der Waals surface area contributed by atoms with Gasteiger partial charge in [0.2, 0.25) is 0 Å². The Bertz CT molecular complexity index is 491. The molecule has 1 atom stereocenters. The van der Waals surface area contributed by atoms with Crippen molar-refractivity contribution >= 4 is 5.97 Å². The monoisotopic (exact) mass is 235 g/mol. The van der Waals surface area contributed by atoms with Gasteiger partial charge in [0, 0.05) is 5.92 Å². The second-order valence-electron chi connectivity index (χ2n) is 3.94. The molecular weight excluding hydrogens is 225 g/mol. The van der Waals surface area contributed by atoms with E-state index < -0.39 is 17.9 Å². The van der Waals surface area contributed by atoms with Gasteiger partial charge in [-0.1, -0.05) is 6.07 Å². The molecule has 2 rings (SSSR count). The third-order valence-corrected chi connectivity index (χ3v) is 2.63. The molecule has 5 heteroatoms. The Balaban J connectivity index is 2.26. The van der Waals surface area contributed by atoms with Crippen LogP contribution in [0, 0.1) is 23.1 Å². The van der Waals surface area contributed by atoms with E-state index in [0.29, 0.717) is 0 Å². The van der Waals surface area contributed by atoms with E-state index in [1.165, 1.54) is 12.1 Å². The molecule has 1 unspecified atom stereocenters. The first-order valence-electron chi connectivity index (χ1n) is 5.21. The Morgan fingerprint density at radius 3 is 2.82 bits per heavy atom. The third kappa shape index (κ3) is 2.36. The number of carbonyl (C=O) groups is 1. The molecule has 17 heavy (non-hydrogen) atoms. The summed E-state index contributed by atoms with van der Waals surface area (Å²) in [4.78, 5) is 11.0. The van der Waals surface area contributed by atoms with Crippen molar-refractivity contribution in [1.82, 2.24) is 0 Å². The maximum absolute atomic E-state index is 13.3. The fraction of sp³-hybridized carbons (Fsp3) is 0.333. The quantitative estimate of drug-likeness (QED) is 0.865. The van der Waals surface area contributed by atoms with Crippen molar-refractivity contribution in [2.45, 2.75) is 18.9 Å². The van der Waals surface area contributed by atoms with Gasteiger partial charge in [-0.15, -0.1) is 0 Å². The van der Waals surface area contributed by atoms with Crippen molar-refractivity contribution in [3.05, 3.63) is 29.6 Å². The lowest BCUT2D eigenvalue weighted by Gasteiger charge is -2.15. The van der Waals surface area contributed by atoms with Crippen molar-refractivity contribution in [1.29, 1.82) is 5.26 Å². The van der Waals surface area contributed by atoms with Crippen LogP contribution in [0.15, 0.2) is 18.2 Å². The SMILES string of the molecule is N#Cc1c(F)cccc1OC(C(=O)O)C1CC1. The van der Waals surface area contributed by atoms with Crippen LogP contribution in [0.1, 0.15) is 18.4 Å². The van der Waals surface area contributed by atoms with Gasteiger partial charge in [-0.2, -0.15) is 5.26 Å². The molecule has 0 amide bonds. The van der Waals surface area contributed by atoms with E-state index in [0.717, 1.165) is 18.9 Å². The summed E-state index contributed by atoms with van der Waals surface area (Å²) in [5.41, 5.74) is -0.251. The number of nitriles is 1. The average Bonchev–Trinajstić information content (AvgIpc) is 3.09. The largest absolute Gasteiger partial charge is 0.478 e. The van der Waals surface area contributed by atoms with Crippen LogP contribution in [0.25, 0.3) is 0 Å². The first kappa shape index (κ1) is 11.4. The molecule has 1 fully saturated rings. The van der Waals surface area contributed by atoms with Gasteiger partial charge >= 0.3 is 5.97 Å². The molecule has 0 spiro atoms. The maximum atomic E-state index is 13.3. The Morgan fingerprint density at radius 1 is 1.59 bits per heavy atom. The number of halogens is 1. The molecule has 0 saturated heterocycles. The minimum atomic E-state index is -1.08. The molecule has 1 N–H and O–H groups in total. The lowest BCUT2D eigenvalue weighted by molar-refractivity contribution is -0.146.